The Morgan fingerprint density at radius 2 is 1.95 bits per heavy atom. The van der Waals surface area contributed by atoms with E-state index in [0.29, 0.717) is 13.1 Å². The van der Waals surface area contributed by atoms with E-state index in [1.54, 1.807) is 12.4 Å². The van der Waals surface area contributed by atoms with Gasteiger partial charge in [-0.3, -0.25) is 9.78 Å². The number of carbonyl (C=O) groups excluding carboxylic acids is 1. The van der Waals surface area contributed by atoms with E-state index in [1.165, 1.54) is 0 Å². The molecule has 0 saturated heterocycles. The van der Waals surface area contributed by atoms with Crippen LogP contribution >= 0.6 is 0 Å². The van der Waals surface area contributed by atoms with E-state index in [-0.39, 0.29) is 5.91 Å². The average Bonchev–Trinajstić information content (AvgIpc) is 2.52. The van der Waals surface area contributed by atoms with Gasteiger partial charge < -0.3 is 16.4 Å². The second-order valence-corrected chi connectivity index (χ2v) is 4.35. The summed E-state index contributed by atoms with van der Waals surface area (Å²) in [5.74, 6) is -0.177. The van der Waals surface area contributed by atoms with Crippen LogP contribution in [-0.2, 0) is 4.79 Å². The molecule has 0 aliphatic heterocycles. The zero-order valence-corrected chi connectivity index (χ0v) is 11.1. The molecule has 0 radical (unpaired) electrons. The Bertz CT molecular complexity index is 530. The molecule has 0 fully saturated rings. The zero-order valence-electron chi connectivity index (χ0n) is 11.1. The van der Waals surface area contributed by atoms with Gasteiger partial charge in [0.2, 0.25) is 5.91 Å². The third kappa shape index (κ3) is 4.07. The predicted molar refractivity (Wildman–Crippen MR) is 79.1 cm³/mol. The van der Waals surface area contributed by atoms with Crippen LogP contribution in [0.25, 0.3) is 0 Å². The number of pyridine rings is 1. The minimum atomic E-state index is -0.630. The van der Waals surface area contributed by atoms with Crippen molar-refractivity contribution in [3.63, 3.8) is 0 Å². The van der Waals surface area contributed by atoms with Crippen molar-refractivity contribution < 1.29 is 4.79 Å². The molecule has 4 N–H and O–H groups in total. The van der Waals surface area contributed by atoms with Crippen molar-refractivity contribution in [3.8, 4) is 0 Å². The van der Waals surface area contributed by atoms with Gasteiger partial charge in [-0.1, -0.05) is 30.3 Å². The fourth-order valence-electron chi connectivity index (χ4n) is 1.78. The smallest absolute Gasteiger partial charge is 0.241 e. The molecule has 5 heteroatoms. The van der Waals surface area contributed by atoms with E-state index in [4.69, 9.17) is 5.73 Å². The van der Waals surface area contributed by atoms with Crippen molar-refractivity contribution in [1.29, 1.82) is 0 Å². The lowest BCUT2D eigenvalue weighted by Gasteiger charge is -2.13. The number of nitrogens with zero attached hydrogens (tertiary/aromatic N) is 1. The van der Waals surface area contributed by atoms with Crippen LogP contribution in [0.1, 0.15) is 11.6 Å². The summed E-state index contributed by atoms with van der Waals surface area (Å²) in [6.07, 6.45) is 3.45. The topological polar surface area (TPSA) is 80.0 Å². The van der Waals surface area contributed by atoms with Gasteiger partial charge in [0, 0.05) is 25.5 Å². The molecular formula is C15H18N4O. The summed E-state index contributed by atoms with van der Waals surface area (Å²) < 4.78 is 0. The minimum Gasteiger partial charge on any atom is -0.382 e. The van der Waals surface area contributed by atoms with Gasteiger partial charge in [0.15, 0.2) is 0 Å². The van der Waals surface area contributed by atoms with Crippen LogP contribution in [0.4, 0.5) is 5.69 Å². The minimum absolute atomic E-state index is 0.177. The number of benzene rings is 1. The van der Waals surface area contributed by atoms with E-state index in [9.17, 15) is 4.79 Å². The van der Waals surface area contributed by atoms with Crippen molar-refractivity contribution in [2.45, 2.75) is 6.04 Å². The third-order valence-electron chi connectivity index (χ3n) is 2.86. The maximum absolute atomic E-state index is 11.9. The van der Waals surface area contributed by atoms with Crippen LogP contribution in [0, 0.1) is 0 Å². The van der Waals surface area contributed by atoms with Crippen molar-refractivity contribution in [3.05, 3.63) is 60.4 Å². The lowest BCUT2D eigenvalue weighted by atomic mass is 10.1. The molecule has 0 spiro atoms. The molecule has 0 aliphatic carbocycles. The van der Waals surface area contributed by atoms with E-state index >= 15 is 0 Å². The largest absolute Gasteiger partial charge is 0.382 e. The molecule has 0 bridgehead atoms. The number of hydrogen-bond donors (Lipinski definition) is 3. The number of carbonyl (C=O) groups is 1. The Kier molecular flexibility index (Phi) is 5.08. The first kappa shape index (κ1) is 14.0. The molecule has 5 nitrogen and oxygen atoms in total. The summed E-state index contributed by atoms with van der Waals surface area (Å²) in [5, 5.41) is 5.96. The second-order valence-electron chi connectivity index (χ2n) is 4.35. The average molecular weight is 270 g/mol. The first-order valence-electron chi connectivity index (χ1n) is 6.49. The van der Waals surface area contributed by atoms with Crippen molar-refractivity contribution >= 4 is 11.6 Å². The SMILES string of the molecule is N[C@@H](C(=O)NCCNc1cccnc1)c1ccccc1. The molecule has 2 rings (SSSR count). The number of nitrogens with one attached hydrogen (secondary N) is 2. The highest BCUT2D eigenvalue weighted by molar-refractivity contribution is 5.82. The number of hydrogen-bond acceptors (Lipinski definition) is 4. The summed E-state index contributed by atoms with van der Waals surface area (Å²) in [6, 6.07) is 12.5. The maximum atomic E-state index is 11.9. The molecule has 0 aliphatic rings. The first-order chi connectivity index (χ1) is 9.77. The van der Waals surface area contributed by atoms with Gasteiger partial charge in [0.25, 0.3) is 0 Å². The van der Waals surface area contributed by atoms with Crippen LogP contribution in [0.15, 0.2) is 54.9 Å². The second kappa shape index (κ2) is 7.25. The molecule has 104 valence electrons. The third-order valence-corrected chi connectivity index (χ3v) is 2.86. The van der Waals surface area contributed by atoms with Crippen LogP contribution in [0.2, 0.25) is 0 Å². The summed E-state index contributed by atoms with van der Waals surface area (Å²) in [7, 11) is 0. The standard InChI is InChI=1S/C15H18N4O/c16-14(12-5-2-1-3-6-12)15(20)19-10-9-18-13-7-4-8-17-11-13/h1-8,11,14,18H,9-10,16H2,(H,19,20)/t14-/m1/s1. The van der Waals surface area contributed by atoms with Gasteiger partial charge in [-0.25, -0.2) is 0 Å². The number of anilines is 1. The molecule has 0 unspecified atom stereocenters. The number of rotatable bonds is 6. The predicted octanol–water partition coefficient (Wildman–Crippen LogP) is 1.31. The van der Waals surface area contributed by atoms with E-state index in [1.807, 2.05) is 42.5 Å². The maximum Gasteiger partial charge on any atom is 0.241 e. The molecule has 1 aromatic carbocycles. The van der Waals surface area contributed by atoms with Gasteiger partial charge in [-0.2, -0.15) is 0 Å². The van der Waals surface area contributed by atoms with Gasteiger partial charge in [-0.15, -0.1) is 0 Å². The van der Waals surface area contributed by atoms with Gasteiger partial charge in [0.1, 0.15) is 6.04 Å². The Labute approximate surface area is 118 Å². The Morgan fingerprint density at radius 1 is 1.15 bits per heavy atom. The van der Waals surface area contributed by atoms with E-state index in [0.717, 1.165) is 11.3 Å². The zero-order chi connectivity index (χ0) is 14.2. The fraction of sp³-hybridized carbons (Fsp3) is 0.200. The Balaban J connectivity index is 1.73. The number of nitrogens with two attached hydrogens (primary N) is 1. The monoisotopic (exact) mass is 270 g/mol. The van der Waals surface area contributed by atoms with Gasteiger partial charge in [-0.05, 0) is 17.7 Å². The van der Waals surface area contributed by atoms with E-state index < -0.39 is 6.04 Å². The van der Waals surface area contributed by atoms with Gasteiger partial charge >= 0.3 is 0 Å². The molecule has 1 heterocycles. The Morgan fingerprint density at radius 3 is 2.65 bits per heavy atom. The lowest BCUT2D eigenvalue weighted by Crippen LogP contribution is -2.36. The van der Waals surface area contributed by atoms with Crippen LogP contribution in [0.5, 0.6) is 0 Å². The molecule has 20 heavy (non-hydrogen) atoms. The van der Waals surface area contributed by atoms with Gasteiger partial charge in [0.05, 0.1) is 5.69 Å². The van der Waals surface area contributed by atoms with Crippen molar-refractivity contribution in [2.75, 3.05) is 18.4 Å². The summed E-state index contributed by atoms with van der Waals surface area (Å²) in [5.41, 5.74) is 7.62. The lowest BCUT2D eigenvalue weighted by molar-refractivity contribution is -0.122. The number of aromatic nitrogens is 1. The highest BCUT2D eigenvalue weighted by atomic mass is 16.2. The first-order valence-corrected chi connectivity index (χ1v) is 6.49. The summed E-state index contributed by atoms with van der Waals surface area (Å²) in [6.45, 7) is 1.13. The highest BCUT2D eigenvalue weighted by Crippen LogP contribution is 2.08. The molecule has 1 amide bonds. The molecular weight excluding hydrogens is 252 g/mol. The quantitative estimate of drug-likeness (QED) is 0.691. The van der Waals surface area contributed by atoms with Crippen LogP contribution in [0.3, 0.4) is 0 Å². The highest BCUT2D eigenvalue weighted by Gasteiger charge is 2.14. The van der Waals surface area contributed by atoms with Crippen molar-refractivity contribution in [2.24, 2.45) is 5.73 Å². The van der Waals surface area contributed by atoms with Crippen LogP contribution in [-0.4, -0.2) is 24.0 Å². The fourth-order valence-corrected chi connectivity index (χ4v) is 1.78. The summed E-state index contributed by atoms with van der Waals surface area (Å²) >= 11 is 0. The molecule has 1 aromatic heterocycles. The molecule has 2 aromatic rings. The van der Waals surface area contributed by atoms with Crippen LogP contribution < -0.4 is 16.4 Å². The Hall–Kier alpha value is -2.40. The normalized spacial score (nSPS) is 11.7. The van der Waals surface area contributed by atoms with Crippen molar-refractivity contribution in [1.82, 2.24) is 10.3 Å². The summed E-state index contributed by atoms with van der Waals surface area (Å²) in [4.78, 5) is 15.9. The number of amides is 1. The molecule has 1 atom stereocenters. The molecule has 0 saturated carbocycles. The van der Waals surface area contributed by atoms with E-state index in [2.05, 4.69) is 15.6 Å².